The molecule has 2 aliphatic rings. The van der Waals surface area contributed by atoms with Gasteiger partial charge in [-0.1, -0.05) is 32.1 Å². The molecule has 1 saturated carbocycles. The second-order valence-corrected chi connectivity index (χ2v) is 6.55. The Kier molecular flexibility index (Phi) is 7.16. The van der Waals surface area contributed by atoms with Gasteiger partial charge in [-0.3, -0.25) is 9.59 Å². The molecule has 1 aliphatic heterocycles. The highest BCUT2D eigenvalue weighted by Crippen LogP contribution is 2.27. The molecule has 1 aliphatic carbocycles. The number of hydrogen-bond donors (Lipinski definition) is 0. The number of amides is 2. The zero-order chi connectivity index (χ0) is 15.8. The SMILES string of the molecule is COCCC(=O)N1CCN(C(=O)CCC2CCCCC2)CC1. The molecular weight excluding hydrogens is 280 g/mol. The fraction of sp³-hybridized carbons (Fsp3) is 0.882. The van der Waals surface area contributed by atoms with Gasteiger partial charge in [-0.15, -0.1) is 0 Å². The summed E-state index contributed by atoms with van der Waals surface area (Å²) in [5.41, 5.74) is 0. The Morgan fingerprint density at radius 2 is 1.45 bits per heavy atom. The Labute approximate surface area is 134 Å². The Hall–Kier alpha value is -1.10. The van der Waals surface area contributed by atoms with Crippen LogP contribution in [0.5, 0.6) is 0 Å². The monoisotopic (exact) mass is 310 g/mol. The summed E-state index contributed by atoms with van der Waals surface area (Å²) in [6.45, 7) is 3.17. The first-order chi connectivity index (χ1) is 10.7. The van der Waals surface area contributed by atoms with Crippen LogP contribution < -0.4 is 0 Å². The predicted octanol–water partition coefficient (Wildman–Crippen LogP) is 2.05. The van der Waals surface area contributed by atoms with Gasteiger partial charge >= 0.3 is 0 Å². The normalized spacial score (nSPS) is 20.2. The van der Waals surface area contributed by atoms with Crippen LogP contribution in [0, 0.1) is 5.92 Å². The summed E-state index contributed by atoms with van der Waals surface area (Å²) in [6, 6.07) is 0. The van der Waals surface area contributed by atoms with Crippen molar-refractivity contribution >= 4 is 11.8 Å². The van der Waals surface area contributed by atoms with E-state index in [-0.39, 0.29) is 11.8 Å². The number of methoxy groups -OCH3 is 1. The van der Waals surface area contributed by atoms with Crippen LogP contribution in [0.4, 0.5) is 0 Å². The highest BCUT2D eigenvalue weighted by molar-refractivity contribution is 5.78. The Balaban J connectivity index is 1.65. The van der Waals surface area contributed by atoms with Crippen LogP contribution >= 0.6 is 0 Å². The summed E-state index contributed by atoms with van der Waals surface area (Å²) in [5, 5.41) is 0. The Morgan fingerprint density at radius 3 is 2.00 bits per heavy atom. The summed E-state index contributed by atoms with van der Waals surface area (Å²) in [6.07, 6.45) is 8.80. The highest BCUT2D eigenvalue weighted by atomic mass is 16.5. The second kappa shape index (κ2) is 9.13. The molecule has 1 saturated heterocycles. The van der Waals surface area contributed by atoms with Crippen LogP contribution in [0.3, 0.4) is 0 Å². The van der Waals surface area contributed by atoms with E-state index in [1.165, 1.54) is 32.1 Å². The first-order valence-electron chi connectivity index (χ1n) is 8.75. The Morgan fingerprint density at radius 1 is 0.909 bits per heavy atom. The maximum Gasteiger partial charge on any atom is 0.225 e. The van der Waals surface area contributed by atoms with E-state index >= 15 is 0 Å². The highest BCUT2D eigenvalue weighted by Gasteiger charge is 2.24. The van der Waals surface area contributed by atoms with Crippen molar-refractivity contribution < 1.29 is 14.3 Å². The molecule has 0 unspecified atom stereocenters. The number of carbonyl (C=O) groups excluding carboxylic acids is 2. The molecular formula is C17H30N2O3. The molecule has 0 spiro atoms. The van der Waals surface area contributed by atoms with Crippen molar-refractivity contribution in [1.29, 1.82) is 0 Å². The maximum atomic E-state index is 12.3. The molecule has 0 aromatic heterocycles. The van der Waals surface area contributed by atoms with Crippen molar-refractivity contribution in [2.75, 3.05) is 39.9 Å². The number of piperazine rings is 1. The number of ether oxygens (including phenoxy) is 1. The van der Waals surface area contributed by atoms with Crippen LogP contribution in [0.2, 0.25) is 0 Å². The van der Waals surface area contributed by atoms with Crippen LogP contribution in [0.15, 0.2) is 0 Å². The van der Waals surface area contributed by atoms with Crippen molar-refractivity contribution in [2.45, 2.75) is 51.4 Å². The van der Waals surface area contributed by atoms with Gasteiger partial charge in [0, 0.05) is 39.7 Å². The number of rotatable bonds is 6. The summed E-state index contributed by atoms with van der Waals surface area (Å²) in [4.78, 5) is 28.0. The van der Waals surface area contributed by atoms with Gasteiger partial charge < -0.3 is 14.5 Å². The van der Waals surface area contributed by atoms with E-state index < -0.39 is 0 Å². The first-order valence-corrected chi connectivity index (χ1v) is 8.75. The molecule has 0 radical (unpaired) electrons. The zero-order valence-electron chi connectivity index (χ0n) is 13.9. The molecule has 5 heteroatoms. The molecule has 126 valence electrons. The van der Waals surface area contributed by atoms with Gasteiger partial charge in [-0.05, 0) is 12.3 Å². The molecule has 0 aromatic carbocycles. The summed E-state index contributed by atoms with van der Waals surface area (Å²) in [7, 11) is 1.61. The van der Waals surface area contributed by atoms with Gasteiger partial charge in [0.15, 0.2) is 0 Å². The fourth-order valence-electron chi connectivity index (χ4n) is 3.51. The minimum Gasteiger partial charge on any atom is -0.384 e. The predicted molar refractivity (Wildman–Crippen MR) is 85.5 cm³/mol. The number of carbonyl (C=O) groups is 2. The van der Waals surface area contributed by atoms with E-state index in [1.54, 1.807) is 7.11 Å². The van der Waals surface area contributed by atoms with Crippen LogP contribution in [0.25, 0.3) is 0 Å². The fourth-order valence-corrected chi connectivity index (χ4v) is 3.51. The third-order valence-electron chi connectivity index (χ3n) is 5.00. The van der Waals surface area contributed by atoms with Gasteiger partial charge in [0.1, 0.15) is 0 Å². The number of nitrogens with zero attached hydrogens (tertiary/aromatic N) is 2. The standard InChI is InChI=1S/C17H30N2O3/c1-22-14-9-17(21)19-12-10-18(11-13-19)16(20)8-7-15-5-3-2-4-6-15/h15H,2-14H2,1H3. The van der Waals surface area contributed by atoms with Crippen LogP contribution in [-0.4, -0.2) is 61.5 Å². The third kappa shape index (κ3) is 5.27. The van der Waals surface area contributed by atoms with Crippen LogP contribution in [0.1, 0.15) is 51.4 Å². The number of hydrogen-bond acceptors (Lipinski definition) is 3. The molecule has 22 heavy (non-hydrogen) atoms. The lowest BCUT2D eigenvalue weighted by Gasteiger charge is -2.35. The lowest BCUT2D eigenvalue weighted by Crippen LogP contribution is -2.50. The summed E-state index contributed by atoms with van der Waals surface area (Å²) < 4.78 is 4.94. The van der Waals surface area contributed by atoms with Gasteiger partial charge in [-0.25, -0.2) is 0 Å². The van der Waals surface area contributed by atoms with Crippen molar-refractivity contribution in [3.05, 3.63) is 0 Å². The molecule has 2 fully saturated rings. The lowest BCUT2D eigenvalue weighted by molar-refractivity contribution is -0.140. The molecule has 2 rings (SSSR count). The van der Waals surface area contributed by atoms with Gasteiger partial charge in [-0.2, -0.15) is 0 Å². The smallest absolute Gasteiger partial charge is 0.225 e. The van der Waals surface area contributed by atoms with E-state index in [4.69, 9.17) is 4.74 Å². The topological polar surface area (TPSA) is 49.9 Å². The largest absolute Gasteiger partial charge is 0.384 e. The lowest BCUT2D eigenvalue weighted by atomic mass is 9.86. The molecule has 2 amide bonds. The van der Waals surface area contributed by atoms with Gasteiger partial charge in [0.2, 0.25) is 11.8 Å². The van der Waals surface area contributed by atoms with E-state index in [9.17, 15) is 9.59 Å². The van der Waals surface area contributed by atoms with E-state index in [0.29, 0.717) is 45.6 Å². The average Bonchev–Trinajstić information content (AvgIpc) is 2.58. The average molecular weight is 310 g/mol. The minimum atomic E-state index is 0.135. The minimum absolute atomic E-state index is 0.135. The molecule has 1 heterocycles. The maximum absolute atomic E-state index is 12.3. The zero-order valence-corrected chi connectivity index (χ0v) is 13.9. The summed E-state index contributed by atoms with van der Waals surface area (Å²) >= 11 is 0. The molecule has 5 nitrogen and oxygen atoms in total. The summed E-state index contributed by atoms with van der Waals surface area (Å²) in [5.74, 6) is 1.17. The molecule has 0 N–H and O–H groups in total. The van der Waals surface area contributed by atoms with Crippen molar-refractivity contribution in [2.24, 2.45) is 5.92 Å². The Bertz CT molecular complexity index is 359. The molecule has 0 bridgehead atoms. The van der Waals surface area contributed by atoms with Crippen LogP contribution in [-0.2, 0) is 14.3 Å². The van der Waals surface area contributed by atoms with Crippen molar-refractivity contribution in [3.8, 4) is 0 Å². The van der Waals surface area contributed by atoms with Crippen molar-refractivity contribution in [3.63, 3.8) is 0 Å². The van der Waals surface area contributed by atoms with E-state index in [2.05, 4.69) is 0 Å². The van der Waals surface area contributed by atoms with E-state index in [0.717, 1.165) is 12.3 Å². The first kappa shape index (κ1) is 17.3. The second-order valence-electron chi connectivity index (χ2n) is 6.55. The van der Waals surface area contributed by atoms with Crippen molar-refractivity contribution in [1.82, 2.24) is 9.80 Å². The quantitative estimate of drug-likeness (QED) is 0.754. The van der Waals surface area contributed by atoms with Gasteiger partial charge in [0.25, 0.3) is 0 Å². The van der Waals surface area contributed by atoms with Gasteiger partial charge in [0.05, 0.1) is 13.0 Å². The molecule has 0 aromatic rings. The molecule has 0 atom stereocenters. The van der Waals surface area contributed by atoms with E-state index in [1.807, 2.05) is 9.80 Å². The third-order valence-corrected chi connectivity index (χ3v) is 5.00.